The van der Waals surface area contributed by atoms with E-state index in [9.17, 15) is 4.79 Å². The van der Waals surface area contributed by atoms with E-state index in [1.807, 2.05) is 13.8 Å². The summed E-state index contributed by atoms with van der Waals surface area (Å²) < 4.78 is 1.65. The molecular formula is C12H18N4O. The van der Waals surface area contributed by atoms with Crippen LogP contribution in [0.2, 0.25) is 0 Å². The number of rotatable bonds is 5. The number of aromatic nitrogens is 2. The van der Waals surface area contributed by atoms with Gasteiger partial charge >= 0.3 is 0 Å². The van der Waals surface area contributed by atoms with Crippen molar-refractivity contribution >= 4 is 5.82 Å². The highest BCUT2D eigenvalue weighted by atomic mass is 16.1. The molecule has 0 aliphatic carbocycles. The van der Waals surface area contributed by atoms with Crippen molar-refractivity contribution in [3.63, 3.8) is 0 Å². The third kappa shape index (κ3) is 3.06. The quantitative estimate of drug-likeness (QED) is 0.772. The second kappa shape index (κ2) is 6.04. The zero-order valence-electron chi connectivity index (χ0n) is 10.6. The molecule has 0 N–H and O–H groups in total. The molecule has 0 amide bonds. The molecule has 1 unspecified atom stereocenters. The van der Waals surface area contributed by atoms with Crippen LogP contribution >= 0.6 is 0 Å². The first kappa shape index (κ1) is 13.2. The molecule has 17 heavy (non-hydrogen) atoms. The molecule has 0 bridgehead atoms. The Balaban J connectivity index is 3.02. The van der Waals surface area contributed by atoms with Gasteiger partial charge in [-0.2, -0.15) is 5.26 Å². The normalized spacial score (nSPS) is 11.9. The topological polar surface area (TPSA) is 61.9 Å². The molecule has 0 aliphatic heterocycles. The predicted octanol–water partition coefficient (Wildman–Crippen LogP) is 1.39. The van der Waals surface area contributed by atoms with Crippen LogP contribution in [0.5, 0.6) is 0 Å². The number of hydrogen-bond acceptors (Lipinski definition) is 4. The zero-order chi connectivity index (χ0) is 12.8. The highest BCUT2D eigenvalue weighted by molar-refractivity contribution is 5.35. The summed E-state index contributed by atoms with van der Waals surface area (Å²) in [6.45, 7) is 4.62. The minimum Gasteiger partial charge on any atom is -0.351 e. The van der Waals surface area contributed by atoms with Gasteiger partial charge in [0, 0.05) is 32.0 Å². The van der Waals surface area contributed by atoms with Crippen molar-refractivity contribution in [2.45, 2.75) is 39.3 Å². The van der Waals surface area contributed by atoms with Crippen LogP contribution < -0.4 is 10.5 Å². The fourth-order valence-electron chi connectivity index (χ4n) is 1.57. The summed E-state index contributed by atoms with van der Waals surface area (Å²) in [5.41, 5.74) is -0.0957. The van der Waals surface area contributed by atoms with Crippen molar-refractivity contribution in [2.75, 3.05) is 11.9 Å². The molecule has 0 spiro atoms. The Morgan fingerprint density at radius 3 is 2.94 bits per heavy atom. The average Bonchev–Trinajstić information content (AvgIpc) is 2.31. The largest absolute Gasteiger partial charge is 0.351 e. The van der Waals surface area contributed by atoms with Gasteiger partial charge in [0.2, 0.25) is 0 Å². The lowest BCUT2D eigenvalue weighted by Gasteiger charge is -2.23. The van der Waals surface area contributed by atoms with E-state index >= 15 is 0 Å². The second-order valence-corrected chi connectivity index (χ2v) is 4.07. The van der Waals surface area contributed by atoms with Crippen LogP contribution in [0.1, 0.15) is 26.7 Å². The third-order valence-corrected chi connectivity index (χ3v) is 2.74. The maximum absolute atomic E-state index is 12.1. The molecule has 1 atom stereocenters. The van der Waals surface area contributed by atoms with E-state index in [0.29, 0.717) is 18.8 Å². The van der Waals surface area contributed by atoms with E-state index in [2.05, 4.69) is 11.1 Å². The van der Waals surface area contributed by atoms with Crippen LogP contribution in [-0.2, 0) is 6.54 Å². The molecule has 0 fully saturated rings. The molecule has 5 heteroatoms. The predicted molar refractivity (Wildman–Crippen MR) is 66.9 cm³/mol. The Morgan fingerprint density at radius 2 is 2.35 bits per heavy atom. The number of aryl methyl sites for hydroxylation is 1. The van der Waals surface area contributed by atoms with E-state index in [1.165, 1.54) is 0 Å². The minimum atomic E-state index is -0.0957. The van der Waals surface area contributed by atoms with Crippen LogP contribution in [-0.4, -0.2) is 22.6 Å². The molecule has 5 nitrogen and oxygen atoms in total. The Hall–Kier alpha value is -1.83. The van der Waals surface area contributed by atoms with E-state index in [4.69, 9.17) is 5.26 Å². The van der Waals surface area contributed by atoms with Gasteiger partial charge in [-0.1, -0.05) is 6.92 Å². The summed E-state index contributed by atoms with van der Waals surface area (Å²) in [4.78, 5) is 18.0. The first-order chi connectivity index (χ1) is 8.11. The number of nitriles is 1. The SMILES string of the molecule is CCCn1ccnc(N(C)C(C)CC#N)c1=O. The minimum absolute atomic E-state index is 0.0160. The molecule has 0 radical (unpaired) electrons. The number of anilines is 1. The molecule has 1 aromatic rings. The van der Waals surface area contributed by atoms with Gasteiger partial charge in [-0.3, -0.25) is 4.79 Å². The van der Waals surface area contributed by atoms with Crippen LogP contribution in [0.25, 0.3) is 0 Å². The Morgan fingerprint density at radius 1 is 1.65 bits per heavy atom. The standard InChI is InChI=1S/C12H18N4O/c1-4-8-16-9-7-14-11(12(16)17)15(3)10(2)5-6-13/h7,9-10H,4-5,8H2,1-3H3. The van der Waals surface area contributed by atoms with Gasteiger partial charge in [0.25, 0.3) is 5.56 Å². The fourth-order valence-corrected chi connectivity index (χ4v) is 1.57. The van der Waals surface area contributed by atoms with Gasteiger partial charge in [0.05, 0.1) is 12.5 Å². The summed E-state index contributed by atoms with van der Waals surface area (Å²) in [5, 5.41) is 8.66. The molecule has 1 rings (SSSR count). The summed E-state index contributed by atoms with van der Waals surface area (Å²) >= 11 is 0. The van der Waals surface area contributed by atoms with E-state index < -0.39 is 0 Å². The van der Waals surface area contributed by atoms with Crippen molar-refractivity contribution in [1.82, 2.24) is 9.55 Å². The van der Waals surface area contributed by atoms with Crippen LogP contribution in [0.15, 0.2) is 17.2 Å². The van der Waals surface area contributed by atoms with Crippen molar-refractivity contribution in [3.05, 3.63) is 22.7 Å². The van der Waals surface area contributed by atoms with Crippen LogP contribution in [0.3, 0.4) is 0 Å². The zero-order valence-corrected chi connectivity index (χ0v) is 10.6. The summed E-state index contributed by atoms with van der Waals surface area (Å²) in [6.07, 6.45) is 4.60. The summed E-state index contributed by atoms with van der Waals surface area (Å²) in [6, 6.07) is 2.08. The molecule has 1 aromatic heterocycles. The maximum atomic E-state index is 12.1. The van der Waals surface area contributed by atoms with E-state index in [-0.39, 0.29) is 11.6 Å². The molecule has 0 saturated heterocycles. The van der Waals surface area contributed by atoms with Gasteiger partial charge in [-0.05, 0) is 13.3 Å². The molecule has 0 aliphatic rings. The third-order valence-electron chi connectivity index (χ3n) is 2.74. The van der Waals surface area contributed by atoms with Crippen molar-refractivity contribution in [2.24, 2.45) is 0 Å². The maximum Gasteiger partial charge on any atom is 0.293 e. The lowest BCUT2D eigenvalue weighted by molar-refractivity contribution is 0.630. The molecular weight excluding hydrogens is 216 g/mol. The van der Waals surface area contributed by atoms with Crippen molar-refractivity contribution in [3.8, 4) is 6.07 Å². The molecule has 0 saturated carbocycles. The first-order valence-electron chi connectivity index (χ1n) is 5.77. The van der Waals surface area contributed by atoms with Crippen molar-refractivity contribution in [1.29, 1.82) is 5.26 Å². The lowest BCUT2D eigenvalue weighted by Crippen LogP contribution is -2.36. The van der Waals surface area contributed by atoms with E-state index in [1.54, 1.807) is 28.9 Å². The van der Waals surface area contributed by atoms with Gasteiger partial charge in [-0.15, -0.1) is 0 Å². The summed E-state index contributed by atoms with van der Waals surface area (Å²) in [5.74, 6) is 0.406. The highest BCUT2D eigenvalue weighted by Crippen LogP contribution is 2.08. The number of nitrogens with zero attached hydrogens (tertiary/aromatic N) is 4. The Bertz CT molecular complexity index is 460. The lowest BCUT2D eigenvalue weighted by atomic mass is 10.2. The van der Waals surface area contributed by atoms with Crippen LogP contribution in [0, 0.1) is 11.3 Å². The smallest absolute Gasteiger partial charge is 0.293 e. The fraction of sp³-hybridized carbons (Fsp3) is 0.583. The van der Waals surface area contributed by atoms with Gasteiger partial charge in [0.15, 0.2) is 5.82 Å². The highest BCUT2D eigenvalue weighted by Gasteiger charge is 2.15. The van der Waals surface area contributed by atoms with Gasteiger partial charge in [0.1, 0.15) is 0 Å². The monoisotopic (exact) mass is 234 g/mol. The van der Waals surface area contributed by atoms with Crippen LogP contribution in [0.4, 0.5) is 5.82 Å². The Kier molecular flexibility index (Phi) is 4.70. The van der Waals surface area contributed by atoms with Gasteiger partial charge < -0.3 is 9.47 Å². The summed E-state index contributed by atoms with van der Waals surface area (Å²) in [7, 11) is 1.79. The Labute approximate surface area is 101 Å². The second-order valence-electron chi connectivity index (χ2n) is 4.07. The van der Waals surface area contributed by atoms with E-state index in [0.717, 1.165) is 6.42 Å². The molecule has 92 valence electrons. The van der Waals surface area contributed by atoms with Gasteiger partial charge in [-0.25, -0.2) is 4.98 Å². The molecule has 0 aromatic carbocycles. The first-order valence-corrected chi connectivity index (χ1v) is 5.77. The molecule has 1 heterocycles. The van der Waals surface area contributed by atoms with Crippen molar-refractivity contribution < 1.29 is 0 Å². The number of hydrogen-bond donors (Lipinski definition) is 0. The average molecular weight is 234 g/mol.